The Balaban J connectivity index is 2.08. The zero-order valence-corrected chi connectivity index (χ0v) is 11.1. The van der Waals surface area contributed by atoms with Crippen molar-refractivity contribution in [1.82, 2.24) is 4.98 Å². The highest BCUT2D eigenvalue weighted by Gasteiger charge is 2.31. The number of pyridine rings is 1. The lowest BCUT2D eigenvalue weighted by Crippen LogP contribution is -2.43. The molecule has 1 aliphatic carbocycles. The van der Waals surface area contributed by atoms with E-state index in [-0.39, 0.29) is 12.1 Å². The van der Waals surface area contributed by atoms with E-state index in [9.17, 15) is 5.11 Å². The van der Waals surface area contributed by atoms with Crippen molar-refractivity contribution in [3.63, 3.8) is 0 Å². The predicted octanol–water partition coefficient (Wildman–Crippen LogP) is 2.62. The van der Waals surface area contributed by atoms with E-state index in [1.54, 1.807) is 0 Å². The van der Waals surface area contributed by atoms with Crippen LogP contribution in [-0.2, 0) is 0 Å². The summed E-state index contributed by atoms with van der Waals surface area (Å²) in [6.07, 6.45) is 9.37. The molecule has 4 nitrogen and oxygen atoms in total. The molecule has 1 aromatic rings. The molecular weight excluding hydrogens is 226 g/mol. The SMILES string of the molecule is CCNc1cncc(NC2(CO)CCCCC2)c1. The van der Waals surface area contributed by atoms with E-state index < -0.39 is 0 Å². The van der Waals surface area contributed by atoms with E-state index in [4.69, 9.17) is 0 Å². The van der Waals surface area contributed by atoms with Crippen molar-refractivity contribution in [2.45, 2.75) is 44.6 Å². The van der Waals surface area contributed by atoms with Gasteiger partial charge in [0, 0.05) is 6.54 Å². The Bertz CT molecular complexity index is 375. The molecule has 0 bridgehead atoms. The zero-order chi connectivity index (χ0) is 12.8. The van der Waals surface area contributed by atoms with Gasteiger partial charge in [0.1, 0.15) is 0 Å². The van der Waals surface area contributed by atoms with E-state index >= 15 is 0 Å². The Morgan fingerprint density at radius 1 is 1.22 bits per heavy atom. The molecule has 1 fully saturated rings. The van der Waals surface area contributed by atoms with Crippen LogP contribution in [0.25, 0.3) is 0 Å². The first-order valence-corrected chi connectivity index (χ1v) is 6.86. The van der Waals surface area contributed by atoms with E-state index in [1.165, 1.54) is 19.3 Å². The number of hydrogen-bond donors (Lipinski definition) is 3. The summed E-state index contributed by atoms with van der Waals surface area (Å²) in [7, 11) is 0. The number of aliphatic hydroxyl groups excluding tert-OH is 1. The molecule has 0 unspecified atom stereocenters. The highest BCUT2D eigenvalue weighted by molar-refractivity contribution is 5.55. The van der Waals surface area contributed by atoms with Gasteiger partial charge in [0.2, 0.25) is 0 Å². The van der Waals surface area contributed by atoms with Crippen molar-refractivity contribution in [2.75, 3.05) is 23.8 Å². The average Bonchev–Trinajstić information content (AvgIpc) is 2.41. The first-order chi connectivity index (χ1) is 8.78. The van der Waals surface area contributed by atoms with Crippen LogP contribution in [0.15, 0.2) is 18.5 Å². The van der Waals surface area contributed by atoms with Gasteiger partial charge in [-0.3, -0.25) is 4.98 Å². The predicted molar refractivity (Wildman–Crippen MR) is 74.9 cm³/mol. The molecule has 3 N–H and O–H groups in total. The topological polar surface area (TPSA) is 57.2 Å². The molecule has 4 heteroatoms. The third-order valence-corrected chi connectivity index (χ3v) is 3.64. The van der Waals surface area contributed by atoms with Crippen LogP contribution in [0.4, 0.5) is 11.4 Å². The van der Waals surface area contributed by atoms with Gasteiger partial charge in [0.05, 0.1) is 35.9 Å². The number of aromatic nitrogens is 1. The van der Waals surface area contributed by atoms with Crippen LogP contribution < -0.4 is 10.6 Å². The van der Waals surface area contributed by atoms with Gasteiger partial charge >= 0.3 is 0 Å². The summed E-state index contributed by atoms with van der Waals surface area (Å²) in [5.41, 5.74) is 1.86. The molecule has 1 saturated carbocycles. The Morgan fingerprint density at radius 2 is 1.94 bits per heavy atom. The molecule has 1 aliphatic rings. The van der Waals surface area contributed by atoms with Crippen LogP contribution in [0.5, 0.6) is 0 Å². The van der Waals surface area contributed by atoms with Gasteiger partial charge in [-0.25, -0.2) is 0 Å². The summed E-state index contributed by atoms with van der Waals surface area (Å²) in [6.45, 7) is 3.14. The standard InChI is InChI=1S/C14H23N3O/c1-2-16-12-8-13(10-15-9-12)17-14(11-18)6-4-3-5-7-14/h8-10,16-18H,2-7,11H2,1H3. The minimum Gasteiger partial charge on any atom is -0.394 e. The fourth-order valence-corrected chi connectivity index (χ4v) is 2.67. The van der Waals surface area contributed by atoms with Gasteiger partial charge in [-0.15, -0.1) is 0 Å². The molecule has 1 heterocycles. The number of nitrogens with one attached hydrogen (secondary N) is 2. The summed E-state index contributed by atoms with van der Waals surface area (Å²) >= 11 is 0. The summed E-state index contributed by atoms with van der Waals surface area (Å²) in [5.74, 6) is 0. The van der Waals surface area contributed by atoms with E-state index in [0.29, 0.717) is 0 Å². The normalized spacial score (nSPS) is 18.3. The van der Waals surface area contributed by atoms with Gasteiger partial charge in [-0.2, -0.15) is 0 Å². The van der Waals surface area contributed by atoms with E-state index in [2.05, 4.69) is 28.6 Å². The largest absolute Gasteiger partial charge is 0.394 e. The van der Waals surface area contributed by atoms with Gasteiger partial charge in [0.25, 0.3) is 0 Å². The van der Waals surface area contributed by atoms with Crippen LogP contribution in [0.1, 0.15) is 39.0 Å². The van der Waals surface area contributed by atoms with Gasteiger partial charge in [-0.1, -0.05) is 19.3 Å². The number of rotatable bonds is 5. The third kappa shape index (κ3) is 3.13. The average molecular weight is 249 g/mol. The molecule has 100 valence electrons. The monoisotopic (exact) mass is 249 g/mol. The molecule has 1 aromatic heterocycles. The summed E-state index contributed by atoms with van der Waals surface area (Å²) in [6, 6.07) is 2.06. The van der Waals surface area contributed by atoms with Crippen molar-refractivity contribution >= 4 is 11.4 Å². The summed E-state index contributed by atoms with van der Waals surface area (Å²) in [5, 5.41) is 16.4. The molecule has 0 atom stereocenters. The maximum atomic E-state index is 9.68. The lowest BCUT2D eigenvalue weighted by atomic mass is 9.82. The maximum absolute atomic E-state index is 9.68. The fraction of sp³-hybridized carbons (Fsp3) is 0.643. The van der Waals surface area contributed by atoms with Crippen molar-refractivity contribution in [3.05, 3.63) is 18.5 Å². The van der Waals surface area contributed by atoms with Gasteiger partial charge in [0.15, 0.2) is 0 Å². The quantitative estimate of drug-likeness (QED) is 0.751. The maximum Gasteiger partial charge on any atom is 0.0661 e. The van der Waals surface area contributed by atoms with Crippen LogP contribution in [0.3, 0.4) is 0 Å². The van der Waals surface area contributed by atoms with Gasteiger partial charge < -0.3 is 15.7 Å². The molecule has 0 radical (unpaired) electrons. The van der Waals surface area contributed by atoms with Crippen molar-refractivity contribution in [3.8, 4) is 0 Å². The zero-order valence-electron chi connectivity index (χ0n) is 11.1. The number of aliphatic hydroxyl groups is 1. The molecule has 0 spiro atoms. The molecule has 0 aromatic carbocycles. The van der Waals surface area contributed by atoms with E-state index in [1.807, 2.05) is 12.4 Å². The summed E-state index contributed by atoms with van der Waals surface area (Å²) < 4.78 is 0. The third-order valence-electron chi connectivity index (χ3n) is 3.64. The molecule has 0 aliphatic heterocycles. The van der Waals surface area contributed by atoms with Crippen LogP contribution >= 0.6 is 0 Å². The number of anilines is 2. The number of hydrogen-bond acceptors (Lipinski definition) is 4. The van der Waals surface area contributed by atoms with Crippen molar-refractivity contribution < 1.29 is 5.11 Å². The van der Waals surface area contributed by atoms with Crippen LogP contribution in [0.2, 0.25) is 0 Å². The Labute approximate surface area is 109 Å². The minimum atomic E-state index is -0.148. The van der Waals surface area contributed by atoms with Crippen LogP contribution in [-0.4, -0.2) is 28.8 Å². The second kappa shape index (κ2) is 6.05. The lowest BCUT2D eigenvalue weighted by molar-refractivity contribution is 0.173. The first kappa shape index (κ1) is 13.1. The molecule has 18 heavy (non-hydrogen) atoms. The number of nitrogens with zero attached hydrogens (tertiary/aromatic N) is 1. The molecular formula is C14H23N3O. The van der Waals surface area contributed by atoms with Crippen molar-refractivity contribution in [1.29, 1.82) is 0 Å². The Morgan fingerprint density at radius 3 is 2.61 bits per heavy atom. The van der Waals surface area contributed by atoms with E-state index in [0.717, 1.165) is 30.8 Å². The Hall–Kier alpha value is -1.29. The molecule has 0 saturated heterocycles. The minimum absolute atomic E-state index is 0.148. The summed E-state index contributed by atoms with van der Waals surface area (Å²) in [4.78, 5) is 4.23. The smallest absolute Gasteiger partial charge is 0.0661 e. The first-order valence-electron chi connectivity index (χ1n) is 6.86. The fourth-order valence-electron chi connectivity index (χ4n) is 2.67. The van der Waals surface area contributed by atoms with Gasteiger partial charge in [-0.05, 0) is 25.8 Å². The highest BCUT2D eigenvalue weighted by atomic mass is 16.3. The lowest BCUT2D eigenvalue weighted by Gasteiger charge is -2.37. The molecule has 2 rings (SSSR count). The molecule has 0 amide bonds. The second-order valence-corrected chi connectivity index (χ2v) is 5.12. The van der Waals surface area contributed by atoms with Crippen molar-refractivity contribution in [2.24, 2.45) is 0 Å². The Kier molecular flexibility index (Phi) is 4.42. The second-order valence-electron chi connectivity index (χ2n) is 5.12. The van der Waals surface area contributed by atoms with Crippen LogP contribution in [0, 0.1) is 0 Å². The highest BCUT2D eigenvalue weighted by Crippen LogP contribution is 2.31.